The highest BCUT2D eigenvalue weighted by Gasteiger charge is 2.14. The second kappa shape index (κ2) is 9.53. The number of nitrogens with one attached hydrogen (secondary N) is 2. The Morgan fingerprint density at radius 1 is 1.00 bits per heavy atom. The Morgan fingerprint density at radius 2 is 1.81 bits per heavy atom. The Bertz CT molecular complexity index is 1230. The summed E-state index contributed by atoms with van der Waals surface area (Å²) < 4.78 is 5.38. The van der Waals surface area contributed by atoms with Gasteiger partial charge in [-0.3, -0.25) is 4.79 Å². The summed E-state index contributed by atoms with van der Waals surface area (Å²) in [6.45, 7) is 0.373. The second-order valence-corrected chi connectivity index (χ2v) is 7.80. The molecule has 6 heteroatoms. The number of hydrogen-bond acceptors (Lipinski definition) is 5. The van der Waals surface area contributed by atoms with Crippen molar-refractivity contribution in [2.45, 2.75) is 11.4 Å². The number of thioether (sulfide) groups is 1. The quantitative estimate of drug-likeness (QED) is 0.372. The Balaban J connectivity index is 1.63. The lowest BCUT2D eigenvalue weighted by Gasteiger charge is -2.13. The summed E-state index contributed by atoms with van der Waals surface area (Å²) in [5, 5.41) is 7.16. The molecule has 0 aliphatic rings. The van der Waals surface area contributed by atoms with E-state index in [0.717, 1.165) is 32.8 Å². The lowest BCUT2D eigenvalue weighted by atomic mass is 10.1. The number of carbonyl (C=O) groups excluding carboxylic acids is 1. The topological polar surface area (TPSA) is 63.2 Å². The number of benzene rings is 3. The minimum atomic E-state index is -0.162. The number of para-hydroxylation sites is 2. The van der Waals surface area contributed by atoms with Crippen LogP contribution in [0.4, 0.5) is 11.5 Å². The molecule has 156 valence electrons. The first-order valence-electron chi connectivity index (χ1n) is 9.89. The van der Waals surface area contributed by atoms with Crippen molar-refractivity contribution in [2.24, 2.45) is 0 Å². The zero-order valence-electron chi connectivity index (χ0n) is 17.4. The largest absolute Gasteiger partial charge is 0.496 e. The number of ether oxygens (including phenoxy) is 1. The third-order valence-corrected chi connectivity index (χ3v) is 5.66. The van der Waals surface area contributed by atoms with Gasteiger partial charge in [-0.25, -0.2) is 4.98 Å². The molecule has 0 spiro atoms. The highest BCUT2D eigenvalue weighted by atomic mass is 32.2. The van der Waals surface area contributed by atoms with Crippen molar-refractivity contribution < 1.29 is 9.53 Å². The maximum Gasteiger partial charge on any atom is 0.252 e. The standard InChI is InChI=1S/C25H23N3O2S/c1-30-23-13-6-3-8-17(23)16-26-25(29)21-15-24(28-22-12-5-4-11-20(21)22)27-18-9-7-10-19(14-18)31-2/h3-15H,16H2,1-2H3,(H,26,29)(H,27,28). The van der Waals surface area contributed by atoms with Gasteiger partial charge in [0.15, 0.2) is 0 Å². The zero-order valence-corrected chi connectivity index (χ0v) is 18.2. The Labute approximate surface area is 185 Å². The molecule has 31 heavy (non-hydrogen) atoms. The van der Waals surface area contributed by atoms with Crippen LogP contribution >= 0.6 is 11.8 Å². The van der Waals surface area contributed by atoms with E-state index in [2.05, 4.69) is 22.8 Å². The molecule has 0 bridgehead atoms. The number of amides is 1. The molecule has 0 aliphatic carbocycles. The number of aromatic nitrogens is 1. The number of methoxy groups -OCH3 is 1. The van der Waals surface area contributed by atoms with Crippen LogP contribution in [0, 0.1) is 0 Å². The van der Waals surface area contributed by atoms with Gasteiger partial charge in [-0.05, 0) is 42.7 Å². The maximum atomic E-state index is 13.1. The molecule has 0 atom stereocenters. The van der Waals surface area contributed by atoms with Gasteiger partial charge < -0.3 is 15.4 Å². The van der Waals surface area contributed by atoms with Crippen molar-refractivity contribution in [3.63, 3.8) is 0 Å². The lowest BCUT2D eigenvalue weighted by molar-refractivity contribution is 0.0952. The molecule has 0 saturated carbocycles. The first-order valence-corrected chi connectivity index (χ1v) is 11.1. The zero-order chi connectivity index (χ0) is 21.6. The average molecular weight is 430 g/mol. The van der Waals surface area contributed by atoms with E-state index in [9.17, 15) is 4.79 Å². The molecule has 3 aromatic carbocycles. The van der Waals surface area contributed by atoms with Crippen molar-refractivity contribution in [3.8, 4) is 5.75 Å². The number of hydrogen-bond donors (Lipinski definition) is 2. The summed E-state index contributed by atoms with van der Waals surface area (Å²) in [6.07, 6.45) is 2.04. The molecule has 0 radical (unpaired) electrons. The van der Waals surface area contributed by atoms with Crippen molar-refractivity contribution in [3.05, 3.63) is 90.0 Å². The van der Waals surface area contributed by atoms with Gasteiger partial charge in [0, 0.05) is 28.1 Å². The van der Waals surface area contributed by atoms with Crippen LogP contribution in [0.2, 0.25) is 0 Å². The van der Waals surface area contributed by atoms with Gasteiger partial charge in [-0.2, -0.15) is 0 Å². The van der Waals surface area contributed by atoms with Crippen molar-refractivity contribution in [1.29, 1.82) is 0 Å². The highest BCUT2D eigenvalue weighted by molar-refractivity contribution is 7.98. The van der Waals surface area contributed by atoms with E-state index >= 15 is 0 Å². The smallest absolute Gasteiger partial charge is 0.252 e. The summed E-state index contributed by atoms with van der Waals surface area (Å²) in [5.41, 5.74) is 3.18. The van der Waals surface area contributed by atoms with Crippen LogP contribution in [-0.2, 0) is 6.54 Å². The number of rotatable bonds is 7. The molecular formula is C25H23N3O2S. The molecule has 1 heterocycles. The van der Waals surface area contributed by atoms with Gasteiger partial charge in [-0.15, -0.1) is 11.8 Å². The summed E-state index contributed by atoms with van der Waals surface area (Å²) in [4.78, 5) is 19.0. The van der Waals surface area contributed by atoms with Gasteiger partial charge in [0.05, 0.1) is 18.2 Å². The molecule has 1 aromatic heterocycles. The van der Waals surface area contributed by atoms with E-state index < -0.39 is 0 Å². The van der Waals surface area contributed by atoms with Crippen molar-refractivity contribution in [1.82, 2.24) is 10.3 Å². The van der Waals surface area contributed by atoms with Crippen LogP contribution < -0.4 is 15.4 Å². The van der Waals surface area contributed by atoms with Crippen LogP contribution in [-0.4, -0.2) is 24.3 Å². The molecule has 0 aliphatic heterocycles. The fraction of sp³-hybridized carbons (Fsp3) is 0.120. The summed E-state index contributed by atoms with van der Waals surface area (Å²) in [7, 11) is 1.63. The second-order valence-electron chi connectivity index (χ2n) is 6.92. The predicted molar refractivity (Wildman–Crippen MR) is 127 cm³/mol. The van der Waals surface area contributed by atoms with Crippen molar-refractivity contribution in [2.75, 3.05) is 18.7 Å². The molecule has 2 N–H and O–H groups in total. The summed E-state index contributed by atoms with van der Waals surface area (Å²) in [5.74, 6) is 1.21. The number of pyridine rings is 1. The molecule has 0 fully saturated rings. The van der Waals surface area contributed by atoms with Gasteiger partial charge >= 0.3 is 0 Å². The first kappa shape index (κ1) is 20.8. The van der Waals surface area contributed by atoms with Crippen LogP contribution in [0.15, 0.2) is 83.8 Å². The molecule has 0 unspecified atom stereocenters. The molecule has 4 aromatic rings. The van der Waals surface area contributed by atoms with E-state index in [4.69, 9.17) is 9.72 Å². The monoisotopic (exact) mass is 429 g/mol. The fourth-order valence-corrected chi connectivity index (χ4v) is 3.86. The fourth-order valence-electron chi connectivity index (χ4n) is 3.40. The van der Waals surface area contributed by atoms with Crippen molar-refractivity contribution >= 4 is 40.1 Å². The Morgan fingerprint density at radius 3 is 2.65 bits per heavy atom. The van der Waals surface area contributed by atoms with E-state index in [0.29, 0.717) is 17.9 Å². The van der Waals surface area contributed by atoms with E-state index in [1.165, 1.54) is 0 Å². The van der Waals surface area contributed by atoms with Gasteiger partial charge in [0.2, 0.25) is 0 Å². The van der Waals surface area contributed by atoms with Gasteiger partial charge in [-0.1, -0.05) is 42.5 Å². The third kappa shape index (κ3) is 4.81. The number of anilines is 2. The minimum absolute atomic E-state index is 0.162. The predicted octanol–water partition coefficient (Wildman–Crippen LogP) is 5.64. The molecule has 0 saturated heterocycles. The van der Waals surface area contributed by atoms with E-state index in [1.54, 1.807) is 24.9 Å². The highest BCUT2D eigenvalue weighted by Crippen LogP contribution is 2.26. The van der Waals surface area contributed by atoms with Gasteiger partial charge in [0.1, 0.15) is 11.6 Å². The van der Waals surface area contributed by atoms with Crippen LogP contribution in [0.3, 0.4) is 0 Å². The number of carbonyl (C=O) groups is 1. The number of fused-ring (bicyclic) bond motifs is 1. The Hall–Kier alpha value is -3.51. The molecule has 1 amide bonds. The summed E-state index contributed by atoms with van der Waals surface area (Å²) in [6, 6.07) is 25.2. The SMILES string of the molecule is COc1ccccc1CNC(=O)c1cc(Nc2cccc(SC)c2)nc2ccccc12. The molecule has 5 nitrogen and oxygen atoms in total. The lowest BCUT2D eigenvalue weighted by Crippen LogP contribution is -2.23. The Kier molecular flexibility index (Phi) is 6.38. The van der Waals surface area contributed by atoms with Crippen LogP contribution in [0.5, 0.6) is 5.75 Å². The minimum Gasteiger partial charge on any atom is -0.496 e. The normalized spacial score (nSPS) is 10.6. The third-order valence-electron chi connectivity index (χ3n) is 4.93. The first-order chi connectivity index (χ1) is 15.2. The van der Waals surface area contributed by atoms with Crippen LogP contribution in [0.25, 0.3) is 10.9 Å². The van der Waals surface area contributed by atoms with E-state index in [-0.39, 0.29) is 5.91 Å². The van der Waals surface area contributed by atoms with Gasteiger partial charge in [0.25, 0.3) is 5.91 Å². The molecular weight excluding hydrogens is 406 g/mol. The average Bonchev–Trinajstić information content (AvgIpc) is 2.82. The number of nitrogens with zero attached hydrogens (tertiary/aromatic N) is 1. The summed E-state index contributed by atoms with van der Waals surface area (Å²) >= 11 is 1.68. The van der Waals surface area contributed by atoms with Crippen LogP contribution in [0.1, 0.15) is 15.9 Å². The molecule has 4 rings (SSSR count). The van der Waals surface area contributed by atoms with E-state index in [1.807, 2.05) is 66.9 Å². The maximum absolute atomic E-state index is 13.1.